The molecule has 10 heteroatoms. The van der Waals surface area contributed by atoms with Gasteiger partial charge in [0.15, 0.2) is 21.3 Å². The SMILES string of the molecule is CCCCOc1ccc(C2c3c(-c4cc(C)c(C)cc4O)n[nH]c3C(=O)N2C2CCS(=O)(=O)C2)cc1OC. The highest BCUT2D eigenvalue weighted by molar-refractivity contribution is 7.91. The van der Waals surface area contributed by atoms with E-state index in [1.54, 1.807) is 18.1 Å². The van der Waals surface area contributed by atoms with E-state index >= 15 is 0 Å². The van der Waals surface area contributed by atoms with Crippen molar-refractivity contribution in [1.82, 2.24) is 15.1 Å². The summed E-state index contributed by atoms with van der Waals surface area (Å²) in [5, 5.41) is 18.2. The van der Waals surface area contributed by atoms with E-state index in [0.29, 0.717) is 47.0 Å². The maximum Gasteiger partial charge on any atom is 0.273 e. The molecule has 3 aromatic rings. The van der Waals surface area contributed by atoms with Crippen LogP contribution in [0.1, 0.15) is 65.0 Å². The molecule has 3 heterocycles. The molecular weight excluding hydrogens is 506 g/mol. The molecule has 38 heavy (non-hydrogen) atoms. The number of aromatic amines is 1. The standard InChI is InChI=1S/C28H33N3O6S/c1-5-6-10-37-22-8-7-18(14-23(22)36-4)27-24-25(20-12-16(2)17(3)13-21(20)32)29-30-26(24)28(33)31(27)19-9-11-38(34,35)15-19/h7-8,12-14,19,27,32H,5-6,9-11,15H2,1-4H3,(H,29,30). The molecule has 2 atom stereocenters. The van der Waals surface area contributed by atoms with Crippen molar-refractivity contribution in [2.75, 3.05) is 25.2 Å². The average molecular weight is 540 g/mol. The Labute approximate surface area is 222 Å². The number of ether oxygens (including phenoxy) is 2. The van der Waals surface area contributed by atoms with Crippen molar-refractivity contribution in [2.45, 2.75) is 52.1 Å². The fourth-order valence-corrected chi connectivity index (χ4v) is 7.07. The highest BCUT2D eigenvalue weighted by Crippen LogP contribution is 2.48. The lowest BCUT2D eigenvalue weighted by atomic mass is 9.93. The molecule has 2 aliphatic heterocycles. The number of hydrogen-bond donors (Lipinski definition) is 2. The van der Waals surface area contributed by atoms with Crippen molar-refractivity contribution in [2.24, 2.45) is 0 Å². The predicted molar refractivity (Wildman–Crippen MR) is 144 cm³/mol. The van der Waals surface area contributed by atoms with Crippen LogP contribution in [-0.2, 0) is 9.84 Å². The molecule has 1 saturated heterocycles. The van der Waals surface area contributed by atoms with Gasteiger partial charge in [0.05, 0.1) is 31.3 Å². The fourth-order valence-electron chi connectivity index (χ4n) is 5.36. The molecule has 1 fully saturated rings. The summed E-state index contributed by atoms with van der Waals surface area (Å²) in [6.45, 7) is 6.51. The number of methoxy groups -OCH3 is 1. The molecule has 2 aliphatic rings. The third-order valence-electron chi connectivity index (χ3n) is 7.53. The Balaban J connectivity index is 1.66. The molecule has 2 unspecified atom stereocenters. The summed E-state index contributed by atoms with van der Waals surface area (Å²) < 4.78 is 36.4. The van der Waals surface area contributed by atoms with Crippen molar-refractivity contribution < 1.29 is 27.8 Å². The molecule has 2 aromatic carbocycles. The maximum absolute atomic E-state index is 13.8. The number of nitrogens with zero attached hydrogens (tertiary/aromatic N) is 2. The van der Waals surface area contributed by atoms with Gasteiger partial charge in [0.1, 0.15) is 17.1 Å². The Morgan fingerprint density at radius 2 is 1.92 bits per heavy atom. The Bertz CT molecular complexity index is 1500. The van der Waals surface area contributed by atoms with Crippen molar-refractivity contribution in [3.8, 4) is 28.5 Å². The smallest absolute Gasteiger partial charge is 0.273 e. The van der Waals surface area contributed by atoms with Gasteiger partial charge in [-0.15, -0.1) is 0 Å². The summed E-state index contributed by atoms with van der Waals surface area (Å²) in [5.41, 5.74) is 4.54. The molecular formula is C28H33N3O6S. The number of phenolic OH excluding ortho intramolecular Hbond substituents is 1. The van der Waals surface area contributed by atoms with E-state index in [1.165, 1.54) is 0 Å². The lowest BCUT2D eigenvalue weighted by Crippen LogP contribution is -2.40. The van der Waals surface area contributed by atoms with Crippen LogP contribution >= 0.6 is 0 Å². The number of nitrogens with one attached hydrogen (secondary N) is 1. The number of phenols is 1. The van der Waals surface area contributed by atoms with Crippen molar-refractivity contribution >= 4 is 15.7 Å². The Hall–Kier alpha value is -3.53. The van der Waals surface area contributed by atoms with Gasteiger partial charge in [-0.05, 0) is 67.6 Å². The van der Waals surface area contributed by atoms with Crippen LogP contribution < -0.4 is 9.47 Å². The van der Waals surface area contributed by atoms with E-state index in [1.807, 2.05) is 38.1 Å². The third-order valence-corrected chi connectivity index (χ3v) is 9.28. The van der Waals surface area contributed by atoms with Crippen LogP contribution in [0.4, 0.5) is 0 Å². The van der Waals surface area contributed by atoms with Crippen LogP contribution in [0.15, 0.2) is 30.3 Å². The summed E-state index contributed by atoms with van der Waals surface area (Å²) in [4.78, 5) is 15.4. The van der Waals surface area contributed by atoms with Crippen molar-refractivity contribution in [3.63, 3.8) is 0 Å². The lowest BCUT2D eigenvalue weighted by Gasteiger charge is -2.31. The molecule has 5 rings (SSSR count). The second-order valence-electron chi connectivity index (χ2n) is 10.1. The monoisotopic (exact) mass is 539 g/mol. The second-order valence-corrected chi connectivity index (χ2v) is 12.3. The van der Waals surface area contributed by atoms with Gasteiger partial charge in [-0.3, -0.25) is 9.89 Å². The molecule has 202 valence electrons. The van der Waals surface area contributed by atoms with E-state index in [4.69, 9.17) is 9.47 Å². The van der Waals surface area contributed by atoms with Crippen LogP contribution in [-0.4, -0.2) is 65.8 Å². The summed E-state index contributed by atoms with van der Waals surface area (Å²) in [7, 11) is -1.68. The number of hydrogen-bond acceptors (Lipinski definition) is 7. The fraction of sp³-hybridized carbons (Fsp3) is 0.429. The molecule has 9 nitrogen and oxygen atoms in total. The van der Waals surface area contributed by atoms with Crippen LogP contribution in [0.2, 0.25) is 0 Å². The highest BCUT2D eigenvalue weighted by Gasteiger charge is 2.48. The number of aromatic hydroxyl groups is 1. The Morgan fingerprint density at radius 1 is 1.16 bits per heavy atom. The predicted octanol–water partition coefficient (Wildman–Crippen LogP) is 4.32. The minimum Gasteiger partial charge on any atom is -0.507 e. The van der Waals surface area contributed by atoms with E-state index in [9.17, 15) is 18.3 Å². The quantitative estimate of drug-likeness (QED) is 0.409. The van der Waals surface area contributed by atoms with E-state index in [0.717, 1.165) is 29.5 Å². The third kappa shape index (κ3) is 4.51. The number of carbonyl (C=O) groups is 1. The van der Waals surface area contributed by atoms with E-state index < -0.39 is 21.9 Å². The minimum absolute atomic E-state index is 0.0404. The van der Waals surface area contributed by atoms with Gasteiger partial charge in [0.2, 0.25) is 0 Å². The number of benzene rings is 2. The largest absolute Gasteiger partial charge is 0.507 e. The normalized spacial score (nSPS) is 20.1. The van der Waals surface area contributed by atoms with Gasteiger partial charge in [-0.1, -0.05) is 19.4 Å². The first kappa shape index (κ1) is 26.1. The first-order valence-corrected chi connectivity index (χ1v) is 14.7. The first-order valence-electron chi connectivity index (χ1n) is 12.9. The number of sulfone groups is 1. The Morgan fingerprint density at radius 3 is 2.61 bits per heavy atom. The number of aromatic nitrogens is 2. The zero-order valence-corrected chi connectivity index (χ0v) is 22.9. The molecule has 1 aromatic heterocycles. The van der Waals surface area contributed by atoms with Gasteiger partial charge < -0.3 is 19.5 Å². The molecule has 0 radical (unpaired) electrons. The van der Waals surface area contributed by atoms with Crippen LogP contribution in [0.5, 0.6) is 17.2 Å². The van der Waals surface area contributed by atoms with Gasteiger partial charge in [0, 0.05) is 17.2 Å². The van der Waals surface area contributed by atoms with Gasteiger partial charge >= 0.3 is 0 Å². The first-order chi connectivity index (χ1) is 18.1. The van der Waals surface area contributed by atoms with Crippen LogP contribution in [0.25, 0.3) is 11.3 Å². The average Bonchev–Trinajstić information content (AvgIpc) is 3.54. The number of H-pyrrole nitrogens is 1. The zero-order chi connectivity index (χ0) is 27.2. The van der Waals surface area contributed by atoms with Gasteiger partial charge in [-0.25, -0.2) is 8.42 Å². The molecule has 2 N–H and O–H groups in total. The van der Waals surface area contributed by atoms with Crippen LogP contribution in [0, 0.1) is 13.8 Å². The summed E-state index contributed by atoms with van der Waals surface area (Å²) in [6.07, 6.45) is 2.27. The minimum atomic E-state index is -3.25. The summed E-state index contributed by atoms with van der Waals surface area (Å²) in [5.74, 6) is 0.829. The molecule has 0 aliphatic carbocycles. The van der Waals surface area contributed by atoms with Crippen molar-refractivity contribution in [1.29, 1.82) is 0 Å². The van der Waals surface area contributed by atoms with Crippen molar-refractivity contribution in [3.05, 3.63) is 58.3 Å². The summed E-state index contributed by atoms with van der Waals surface area (Å²) in [6, 6.07) is 7.98. The highest BCUT2D eigenvalue weighted by atomic mass is 32.2. The molecule has 1 amide bonds. The Kier molecular flexibility index (Phi) is 6.85. The molecule has 0 saturated carbocycles. The van der Waals surface area contributed by atoms with Gasteiger partial charge in [-0.2, -0.15) is 5.10 Å². The molecule has 0 bridgehead atoms. The number of carbonyl (C=O) groups excluding carboxylic acids is 1. The van der Waals surface area contributed by atoms with Crippen LogP contribution in [0.3, 0.4) is 0 Å². The number of aryl methyl sites for hydroxylation is 2. The number of rotatable bonds is 8. The number of amides is 1. The zero-order valence-electron chi connectivity index (χ0n) is 22.1. The van der Waals surface area contributed by atoms with Gasteiger partial charge in [0.25, 0.3) is 5.91 Å². The van der Waals surface area contributed by atoms with E-state index in [-0.39, 0.29) is 23.2 Å². The second kappa shape index (κ2) is 9.98. The summed E-state index contributed by atoms with van der Waals surface area (Å²) >= 11 is 0. The maximum atomic E-state index is 13.8. The lowest BCUT2D eigenvalue weighted by molar-refractivity contribution is 0.0677. The topological polar surface area (TPSA) is 122 Å². The molecule has 0 spiro atoms. The van der Waals surface area contributed by atoms with E-state index in [2.05, 4.69) is 17.1 Å². The number of fused-ring (bicyclic) bond motifs is 1. The number of unbranched alkanes of at least 4 members (excludes halogenated alkanes) is 1.